The summed E-state index contributed by atoms with van der Waals surface area (Å²) in [6, 6.07) is 64.3. The second-order valence-electron chi connectivity index (χ2n) is 19.1. The van der Waals surface area contributed by atoms with Crippen molar-refractivity contribution in [2.45, 2.75) is 44.9 Å². The Morgan fingerprint density at radius 1 is 0.462 bits per heavy atom. The molecule has 0 atom stereocenters. The van der Waals surface area contributed by atoms with Crippen molar-refractivity contribution in [3.63, 3.8) is 0 Å². The molecule has 0 saturated heterocycles. The Morgan fingerprint density at radius 3 is 1.78 bits per heavy atom. The molecule has 2 nitrogen and oxygen atoms in total. The van der Waals surface area contributed by atoms with Gasteiger partial charge in [-0.3, -0.25) is 0 Å². The Labute approximate surface area is 380 Å². The predicted octanol–water partition coefficient (Wildman–Crippen LogP) is 16.9. The maximum absolute atomic E-state index is 2.55. The molecule has 2 heterocycles. The first kappa shape index (κ1) is 36.8. The van der Waals surface area contributed by atoms with E-state index in [9.17, 15) is 0 Å². The molecule has 10 aromatic carbocycles. The summed E-state index contributed by atoms with van der Waals surface area (Å²) in [7, 11) is 0. The van der Waals surface area contributed by atoms with Crippen molar-refractivity contribution >= 4 is 83.7 Å². The summed E-state index contributed by atoms with van der Waals surface area (Å²) in [5.41, 5.74) is 21.2. The Balaban J connectivity index is 0.841. The lowest BCUT2D eigenvalue weighted by Gasteiger charge is -2.37. The van der Waals surface area contributed by atoms with Gasteiger partial charge in [-0.25, -0.2) is 0 Å². The standard InChI is InChI=1S/C63H46N2/c1-63(2)54-35-39(26-30-47(54)48-32-29-45(38-55(48)63)64-56-21-7-3-13-41(56)36-42-14-4-8-22-57(42)64)25-27-40-28-31-51-50-19-12-20-53-60(34-33-52(62(50)53)49-18-11-17-46(40)61(49)51)65-58-23-9-5-15-43(58)37-44-16-6-10-24-59(44)65/h3-7,9-21,23-35,38H,8,22,36-37H2,1-2H3/b27-25+. The number of benzene rings is 10. The van der Waals surface area contributed by atoms with E-state index < -0.39 is 0 Å². The van der Waals surface area contributed by atoms with Crippen LogP contribution in [0.4, 0.5) is 28.4 Å². The fraction of sp³-hybridized carbons (Fsp3) is 0.111. The van der Waals surface area contributed by atoms with E-state index in [4.69, 9.17) is 0 Å². The van der Waals surface area contributed by atoms with E-state index in [1.807, 2.05) is 0 Å². The van der Waals surface area contributed by atoms with Crippen LogP contribution < -0.4 is 9.80 Å². The van der Waals surface area contributed by atoms with Gasteiger partial charge in [-0.1, -0.05) is 172 Å². The molecule has 14 rings (SSSR count). The van der Waals surface area contributed by atoms with Crippen molar-refractivity contribution in [2.75, 3.05) is 9.80 Å². The smallest absolute Gasteiger partial charge is 0.0540 e. The summed E-state index contributed by atoms with van der Waals surface area (Å²) in [6.45, 7) is 4.82. The Bertz CT molecular complexity index is 3700. The average Bonchev–Trinajstić information content (AvgIpc) is 3.57. The van der Waals surface area contributed by atoms with Crippen molar-refractivity contribution in [1.29, 1.82) is 0 Å². The normalized spacial score (nSPS) is 15.8. The van der Waals surface area contributed by atoms with Gasteiger partial charge < -0.3 is 9.80 Å². The quantitative estimate of drug-likeness (QED) is 0.0990. The molecular formula is C63H46N2. The molecule has 0 unspecified atom stereocenters. The highest BCUT2D eigenvalue weighted by Gasteiger charge is 2.37. The maximum Gasteiger partial charge on any atom is 0.0540 e. The molecule has 0 bridgehead atoms. The van der Waals surface area contributed by atoms with Gasteiger partial charge in [0.2, 0.25) is 0 Å². The molecule has 0 amide bonds. The van der Waals surface area contributed by atoms with Crippen molar-refractivity contribution in [2.24, 2.45) is 0 Å². The van der Waals surface area contributed by atoms with Gasteiger partial charge >= 0.3 is 0 Å². The van der Waals surface area contributed by atoms with Gasteiger partial charge in [0.25, 0.3) is 0 Å². The first-order chi connectivity index (χ1) is 32.0. The molecular weight excluding hydrogens is 785 g/mol. The average molecular weight is 831 g/mol. The molecule has 0 fully saturated rings. The summed E-state index contributed by atoms with van der Waals surface area (Å²) in [6.07, 6.45) is 13.5. The second kappa shape index (κ2) is 13.7. The van der Waals surface area contributed by atoms with Gasteiger partial charge in [0.05, 0.1) is 5.69 Å². The van der Waals surface area contributed by atoms with Gasteiger partial charge in [-0.15, -0.1) is 0 Å². The first-order valence-electron chi connectivity index (χ1n) is 23.3. The molecule has 10 aromatic rings. The van der Waals surface area contributed by atoms with E-state index in [0.29, 0.717) is 0 Å². The first-order valence-corrected chi connectivity index (χ1v) is 23.3. The lowest BCUT2D eigenvalue weighted by molar-refractivity contribution is 0.660. The zero-order valence-electron chi connectivity index (χ0n) is 36.7. The summed E-state index contributed by atoms with van der Waals surface area (Å²) in [5.74, 6) is 0. The Hall–Kier alpha value is -7.68. The fourth-order valence-corrected chi connectivity index (χ4v) is 12.2. The van der Waals surface area contributed by atoms with E-state index in [-0.39, 0.29) is 5.41 Å². The number of para-hydroxylation sites is 3. The zero-order valence-corrected chi connectivity index (χ0v) is 36.7. The summed E-state index contributed by atoms with van der Waals surface area (Å²) in [5, 5.41) is 10.4. The van der Waals surface area contributed by atoms with Gasteiger partial charge in [0, 0.05) is 52.1 Å². The molecule has 0 saturated carbocycles. The van der Waals surface area contributed by atoms with Crippen LogP contribution in [0.5, 0.6) is 0 Å². The van der Waals surface area contributed by atoms with E-state index >= 15 is 0 Å². The topological polar surface area (TPSA) is 6.48 Å². The monoisotopic (exact) mass is 830 g/mol. The second-order valence-corrected chi connectivity index (χ2v) is 19.1. The number of hydrogen-bond acceptors (Lipinski definition) is 2. The van der Waals surface area contributed by atoms with Crippen LogP contribution in [0.1, 0.15) is 65.6 Å². The van der Waals surface area contributed by atoms with Crippen LogP contribution in [0.2, 0.25) is 0 Å². The summed E-state index contributed by atoms with van der Waals surface area (Å²) >= 11 is 0. The van der Waals surface area contributed by atoms with Crippen LogP contribution in [0.3, 0.4) is 0 Å². The lowest BCUT2D eigenvalue weighted by Crippen LogP contribution is -2.25. The minimum Gasteiger partial charge on any atom is -0.314 e. The van der Waals surface area contributed by atoms with Crippen LogP contribution in [0.25, 0.3) is 66.4 Å². The molecule has 0 radical (unpaired) electrons. The molecule has 2 aliphatic carbocycles. The highest BCUT2D eigenvalue weighted by molar-refractivity contribution is 6.35. The van der Waals surface area contributed by atoms with Crippen LogP contribution in [0, 0.1) is 0 Å². The van der Waals surface area contributed by atoms with Crippen LogP contribution in [-0.2, 0) is 18.3 Å². The Kier molecular flexibility index (Phi) is 7.73. The number of nitrogens with zero attached hydrogens (tertiary/aromatic N) is 2. The number of hydrogen-bond donors (Lipinski definition) is 0. The van der Waals surface area contributed by atoms with Crippen LogP contribution >= 0.6 is 0 Å². The Morgan fingerprint density at radius 2 is 1.05 bits per heavy atom. The van der Waals surface area contributed by atoms with E-state index in [0.717, 1.165) is 25.7 Å². The van der Waals surface area contributed by atoms with Crippen molar-refractivity contribution in [3.05, 3.63) is 232 Å². The van der Waals surface area contributed by atoms with Gasteiger partial charge in [0.1, 0.15) is 0 Å². The fourth-order valence-electron chi connectivity index (χ4n) is 12.2. The van der Waals surface area contributed by atoms with Crippen molar-refractivity contribution in [1.82, 2.24) is 0 Å². The lowest BCUT2D eigenvalue weighted by atomic mass is 9.81. The highest BCUT2D eigenvalue weighted by Crippen LogP contribution is 2.53. The molecule has 0 spiro atoms. The molecule has 0 N–H and O–H groups in total. The SMILES string of the molecule is CC1(C)c2cc(/C=C/c3ccc4c5cccc6c(N7c8ccccc8Cc8ccccc87)ccc(c7cccc3c47)c65)ccc2-c2ccc(N3C4=C(C=CCC4)Cc4ccccc43)cc21. The third-order valence-electron chi connectivity index (χ3n) is 15.3. The largest absolute Gasteiger partial charge is 0.314 e. The van der Waals surface area contributed by atoms with Gasteiger partial charge in [-0.05, 0) is 143 Å². The molecule has 0 aromatic heterocycles. The zero-order chi connectivity index (χ0) is 43.0. The van der Waals surface area contributed by atoms with Gasteiger partial charge in [-0.2, -0.15) is 0 Å². The van der Waals surface area contributed by atoms with Crippen molar-refractivity contribution < 1.29 is 0 Å². The number of fused-ring (bicyclic) bond motifs is 8. The molecule has 2 heteroatoms. The van der Waals surface area contributed by atoms with Crippen LogP contribution in [-0.4, -0.2) is 0 Å². The minimum absolute atomic E-state index is 0.140. The van der Waals surface area contributed by atoms with Gasteiger partial charge in [0.15, 0.2) is 0 Å². The van der Waals surface area contributed by atoms with E-state index in [1.165, 1.54) is 133 Å². The third kappa shape index (κ3) is 5.29. The molecule has 65 heavy (non-hydrogen) atoms. The number of rotatable bonds is 4. The maximum atomic E-state index is 2.55. The van der Waals surface area contributed by atoms with E-state index in [2.05, 4.69) is 218 Å². The van der Waals surface area contributed by atoms with Crippen LogP contribution in [0.15, 0.2) is 193 Å². The number of anilines is 5. The highest BCUT2D eigenvalue weighted by atomic mass is 15.2. The summed E-state index contributed by atoms with van der Waals surface area (Å²) < 4.78 is 0. The van der Waals surface area contributed by atoms with E-state index in [1.54, 1.807) is 0 Å². The molecule has 308 valence electrons. The minimum atomic E-state index is -0.140. The van der Waals surface area contributed by atoms with Crippen molar-refractivity contribution in [3.8, 4) is 11.1 Å². The third-order valence-corrected chi connectivity index (χ3v) is 15.3. The summed E-state index contributed by atoms with van der Waals surface area (Å²) in [4.78, 5) is 5.04. The molecule has 4 aliphatic rings. The predicted molar refractivity (Wildman–Crippen MR) is 276 cm³/mol. The number of allylic oxidation sites excluding steroid dienone is 4. The molecule has 2 aliphatic heterocycles.